The molecule has 0 aromatic carbocycles. The maximum atomic E-state index is 12.8. The van der Waals surface area contributed by atoms with Crippen molar-refractivity contribution in [3.8, 4) is 0 Å². The third kappa shape index (κ3) is 4.39. The zero-order valence-corrected chi connectivity index (χ0v) is 14.8. The first-order valence-electron chi connectivity index (χ1n) is 8.63. The molecule has 2 heterocycles. The van der Waals surface area contributed by atoms with Gasteiger partial charge in [-0.25, -0.2) is 9.37 Å². The van der Waals surface area contributed by atoms with E-state index in [1.54, 1.807) is 4.90 Å². The van der Waals surface area contributed by atoms with Crippen LogP contribution in [0.5, 0.6) is 0 Å². The minimum absolute atomic E-state index is 0.0431. The standard InChI is InChI=1S/C17H20ClF4N3O/c18-14-7-12(17(20,21)22)9-23-15(14)25-3-1-11(2-4-25)16(26)24-8-10-5-13(19)6-10/h7,9-11,13H,1-6,8H2,(H,24,26). The van der Waals surface area contributed by atoms with Gasteiger partial charge in [0.1, 0.15) is 12.0 Å². The summed E-state index contributed by atoms with van der Waals surface area (Å²) >= 11 is 5.97. The van der Waals surface area contributed by atoms with Crippen LogP contribution in [0.3, 0.4) is 0 Å². The zero-order valence-electron chi connectivity index (χ0n) is 14.0. The summed E-state index contributed by atoms with van der Waals surface area (Å²) in [7, 11) is 0. The predicted octanol–water partition coefficient (Wildman–Crippen LogP) is 3.83. The first-order chi connectivity index (χ1) is 12.2. The number of nitrogens with zero attached hydrogens (tertiary/aromatic N) is 2. The number of amides is 1. The Labute approximate surface area is 153 Å². The molecule has 1 aliphatic carbocycles. The molecule has 1 aliphatic heterocycles. The van der Waals surface area contributed by atoms with Gasteiger partial charge in [0.15, 0.2) is 0 Å². The second-order valence-electron chi connectivity index (χ2n) is 6.97. The van der Waals surface area contributed by atoms with Crippen molar-refractivity contribution >= 4 is 23.3 Å². The van der Waals surface area contributed by atoms with Crippen molar-refractivity contribution in [3.63, 3.8) is 0 Å². The number of carbonyl (C=O) groups is 1. The van der Waals surface area contributed by atoms with E-state index in [0.29, 0.717) is 51.1 Å². The molecule has 1 aromatic rings. The van der Waals surface area contributed by atoms with Gasteiger partial charge in [0.25, 0.3) is 0 Å². The number of alkyl halides is 4. The molecule has 2 fully saturated rings. The van der Waals surface area contributed by atoms with Gasteiger partial charge in [0.05, 0.1) is 10.6 Å². The molecule has 0 atom stereocenters. The van der Waals surface area contributed by atoms with E-state index in [9.17, 15) is 22.4 Å². The molecule has 1 saturated heterocycles. The normalized spacial score (nSPS) is 24.3. The van der Waals surface area contributed by atoms with Gasteiger partial charge in [-0.15, -0.1) is 0 Å². The minimum Gasteiger partial charge on any atom is -0.356 e. The summed E-state index contributed by atoms with van der Waals surface area (Å²) in [5.74, 6) is 0.338. The summed E-state index contributed by atoms with van der Waals surface area (Å²) in [4.78, 5) is 17.9. The van der Waals surface area contributed by atoms with Crippen molar-refractivity contribution in [2.24, 2.45) is 11.8 Å². The van der Waals surface area contributed by atoms with Crippen LogP contribution in [0, 0.1) is 11.8 Å². The number of nitrogens with one attached hydrogen (secondary N) is 1. The van der Waals surface area contributed by atoms with E-state index in [1.165, 1.54) is 0 Å². The highest BCUT2D eigenvalue weighted by atomic mass is 35.5. The van der Waals surface area contributed by atoms with Crippen LogP contribution in [0.2, 0.25) is 5.02 Å². The fourth-order valence-corrected chi connectivity index (χ4v) is 3.67. The average Bonchev–Trinajstić information content (AvgIpc) is 2.57. The smallest absolute Gasteiger partial charge is 0.356 e. The topological polar surface area (TPSA) is 45.2 Å². The van der Waals surface area contributed by atoms with E-state index in [2.05, 4.69) is 10.3 Å². The highest BCUT2D eigenvalue weighted by Crippen LogP contribution is 2.35. The van der Waals surface area contributed by atoms with Crippen LogP contribution in [0.1, 0.15) is 31.2 Å². The van der Waals surface area contributed by atoms with Gasteiger partial charge in [-0.3, -0.25) is 4.79 Å². The number of aromatic nitrogens is 1. The Morgan fingerprint density at radius 1 is 1.31 bits per heavy atom. The lowest BCUT2D eigenvalue weighted by atomic mass is 9.83. The summed E-state index contributed by atoms with van der Waals surface area (Å²) in [6.45, 7) is 1.49. The number of rotatable bonds is 4. The molecular formula is C17H20ClF4N3O. The molecule has 1 saturated carbocycles. The quantitative estimate of drug-likeness (QED) is 0.791. The van der Waals surface area contributed by atoms with E-state index < -0.39 is 17.9 Å². The lowest BCUT2D eigenvalue weighted by molar-refractivity contribution is -0.137. The van der Waals surface area contributed by atoms with Gasteiger partial charge in [0.2, 0.25) is 5.91 Å². The average molecular weight is 394 g/mol. The molecule has 1 N–H and O–H groups in total. The largest absolute Gasteiger partial charge is 0.417 e. The van der Waals surface area contributed by atoms with Crippen molar-refractivity contribution in [3.05, 3.63) is 22.8 Å². The summed E-state index contributed by atoms with van der Waals surface area (Å²) in [5, 5.41) is 2.83. The van der Waals surface area contributed by atoms with Gasteiger partial charge in [-0.2, -0.15) is 13.2 Å². The maximum absolute atomic E-state index is 12.8. The Bertz CT molecular complexity index is 656. The van der Waals surface area contributed by atoms with E-state index in [0.717, 1.165) is 12.3 Å². The van der Waals surface area contributed by atoms with Gasteiger partial charge in [-0.05, 0) is 37.7 Å². The van der Waals surface area contributed by atoms with E-state index in [4.69, 9.17) is 11.6 Å². The Morgan fingerprint density at radius 3 is 2.50 bits per heavy atom. The van der Waals surface area contributed by atoms with Crippen LogP contribution >= 0.6 is 11.6 Å². The zero-order chi connectivity index (χ0) is 18.9. The Hall–Kier alpha value is -1.57. The lowest BCUT2D eigenvalue weighted by Crippen LogP contribution is -2.43. The minimum atomic E-state index is -4.48. The summed E-state index contributed by atoms with van der Waals surface area (Å²) in [6.07, 6.45) is -2.28. The molecule has 0 bridgehead atoms. The Balaban J connectivity index is 1.51. The number of anilines is 1. The number of pyridine rings is 1. The van der Waals surface area contributed by atoms with Crippen LogP contribution in [-0.2, 0) is 11.0 Å². The maximum Gasteiger partial charge on any atom is 0.417 e. The monoisotopic (exact) mass is 393 g/mol. The van der Waals surface area contributed by atoms with Crippen LogP contribution in [0.4, 0.5) is 23.4 Å². The second-order valence-corrected chi connectivity index (χ2v) is 7.38. The highest BCUT2D eigenvalue weighted by molar-refractivity contribution is 6.33. The van der Waals surface area contributed by atoms with Crippen molar-refractivity contribution in [2.45, 2.75) is 38.0 Å². The fourth-order valence-electron chi connectivity index (χ4n) is 3.38. The third-order valence-corrected chi connectivity index (χ3v) is 5.34. The van der Waals surface area contributed by atoms with Gasteiger partial charge >= 0.3 is 6.18 Å². The number of hydrogen-bond acceptors (Lipinski definition) is 3. The highest BCUT2D eigenvalue weighted by Gasteiger charge is 2.33. The molecule has 1 aromatic heterocycles. The third-order valence-electron chi connectivity index (χ3n) is 5.06. The summed E-state index contributed by atoms with van der Waals surface area (Å²) < 4.78 is 50.8. The molecule has 3 rings (SSSR count). The fraction of sp³-hybridized carbons (Fsp3) is 0.647. The van der Waals surface area contributed by atoms with Crippen LogP contribution in [0.25, 0.3) is 0 Å². The predicted molar refractivity (Wildman–Crippen MR) is 89.8 cm³/mol. The second kappa shape index (κ2) is 7.58. The van der Waals surface area contributed by atoms with Gasteiger partial charge < -0.3 is 10.2 Å². The first kappa shape index (κ1) is 19.2. The molecule has 2 aliphatic rings. The molecule has 1 amide bonds. The van der Waals surface area contributed by atoms with Gasteiger partial charge in [0, 0.05) is 31.7 Å². The summed E-state index contributed by atoms with van der Waals surface area (Å²) in [6, 6.07) is 0.874. The van der Waals surface area contributed by atoms with Crippen molar-refractivity contribution < 1.29 is 22.4 Å². The van der Waals surface area contributed by atoms with Crippen LogP contribution in [0.15, 0.2) is 12.3 Å². The van der Waals surface area contributed by atoms with E-state index in [-0.39, 0.29) is 22.8 Å². The SMILES string of the molecule is O=C(NCC1CC(F)C1)C1CCN(c2ncc(C(F)(F)F)cc2Cl)CC1. The van der Waals surface area contributed by atoms with E-state index in [1.807, 2.05) is 0 Å². The molecule has 144 valence electrons. The number of piperidine rings is 1. The van der Waals surface area contributed by atoms with Gasteiger partial charge in [-0.1, -0.05) is 11.6 Å². The number of hydrogen-bond donors (Lipinski definition) is 1. The number of halogens is 5. The first-order valence-corrected chi connectivity index (χ1v) is 9.01. The Morgan fingerprint density at radius 2 is 1.96 bits per heavy atom. The van der Waals surface area contributed by atoms with Crippen LogP contribution < -0.4 is 10.2 Å². The Kier molecular flexibility index (Phi) is 5.60. The molecule has 26 heavy (non-hydrogen) atoms. The molecule has 0 unspecified atom stereocenters. The molecular weight excluding hydrogens is 374 g/mol. The summed E-state index contributed by atoms with van der Waals surface area (Å²) in [5.41, 5.74) is -0.882. The van der Waals surface area contributed by atoms with Crippen molar-refractivity contribution in [1.29, 1.82) is 0 Å². The molecule has 0 spiro atoms. The molecule has 0 radical (unpaired) electrons. The van der Waals surface area contributed by atoms with E-state index >= 15 is 0 Å². The van der Waals surface area contributed by atoms with Crippen LogP contribution in [-0.4, -0.2) is 36.7 Å². The van der Waals surface area contributed by atoms with Crippen molar-refractivity contribution in [2.75, 3.05) is 24.5 Å². The molecule has 4 nitrogen and oxygen atoms in total. The van der Waals surface area contributed by atoms with Crippen molar-refractivity contribution in [1.82, 2.24) is 10.3 Å². The lowest BCUT2D eigenvalue weighted by Gasteiger charge is -2.34. The number of carbonyl (C=O) groups excluding carboxylic acids is 1. The molecule has 9 heteroatoms.